The number of esters is 6. The Labute approximate surface area is 330 Å². The molecule has 16 nitrogen and oxygen atoms in total. The first kappa shape index (κ1) is 40.4. The van der Waals surface area contributed by atoms with Gasteiger partial charge >= 0.3 is 35.8 Å². The Morgan fingerprint density at radius 1 is 0.500 bits per heavy atom. The molecule has 0 bridgehead atoms. The normalized spacial score (nSPS) is 17.8. The zero-order chi connectivity index (χ0) is 41.3. The van der Waals surface area contributed by atoms with Gasteiger partial charge in [0.1, 0.15) is 23.7 Å². The quantitative estimate of drug-likeness (QED) is 0.0952. The molecule has 16 heteroatoms. The molecular weight excluding hydrogens is 760 g/mol. The number of fused-ring (bicyclic) bond motifs is 1. The second kappa shape index (κ2) is 18.1. The van der Waals surface area contributed by atoms with Gasteiger partial charge in [0.05, 0.1) is 49.7 Å². The van der Waals surface area contributed by atoms with Crippen LogP contribution < -0.4 is 28.4 Å². The van der Waals surface area contributed by atoms with Crippen molar-refractivity contribution in [2.45, 2.75) is 24.4 Å². The minimum absolute atomic E-state index is 0.0322. The van der Waals surface area contributed by atoms with Gasteiger partial charge in [0.2, 0.25) is 0 Å². The zero-order valence-corrected chi connectivity index (χ0v) is 30.9. The summed E-state index contributed by atoms with van der Waals surface area (Å²) in [5, 5.41) is 0. The highest BCUT2D eigenvalue weighted by Gasteiger charge is 2.51. The Morgan fingerprint density at radius 2 is 0.862 bits per heavy atom. The van der Waals surface area contributed by atoms with E-state index in [9.17, 15) is 28.8 Å². The summed E-state index contributed by atoms with van der Waals surface area (Å²) in [5.74, 6) is -3.60. The van der Waals surface area contributed by atoms with E-state index in [1.54, 1.807) is 0 Å². The Morgan fingerprint density at radius 3 is 1.21 bits per heavy atom. The molecule has 2 saturated heterocycles. The van der Waals surface area contributed by atoms with E-state index >= 15 is 0 Å². The van der Waals surface area contributed by atoms with Crippen molar-refractivity contribution in [3.05, 3.63) is 132 Å². The van der Waals surface area contributed by atoms with Crippen molar-refractivity contribution < 1.29 is 76.1 Å². The van der Waals surface area contributed by atoms with E-state index in [0.717, 1.165) is 12.2 Å². The largest absolute Gasteiger partial charge is 0.493 e. The molecule has 0 unspecified atom stereocenters. The highest BCUT2D eigenvalue weighted by Crippen LogP contribution is 2.34. The lowest BCUT2D eigenvalue weighted by atomic mass is 10.1. The van der Waals surface area contributed by atoms with E-state index in [-0.39, 0.29) is 70.0 Å². The number of ether oxygens (including phenoxy) is 10. The second-order valence-electron chi connectivity index (χ2n) is 12.3. The lowest BCUT2D eigenvalue weighted by Crippen LogP contribution is -2.36. The first-order valence-electron chi connectivity index (χ1n) is 17.3. The van der Waals surface area contributed by atoms with Crippen LogP contribution in [0.1, 0.15) is 41.4 Å². The highest BCUT2D eigenvalue weighted by molar-refractivity contribution is 5.94. The molecule has 0 radical (unpaired) electrons. The third kappa shape index (κ3) is 9.38. The molecule has 2 fully saturated rings. The minimum Gasteiger partial charge on any atom is -0.493 e. The molecule has 2 aliphatic heterocycles. The van der Waals surface area contributed by atoms with E-state index in [0.29, 0.717) is 0 Å². The van der Waals surface area contributed by atoms with Crippen LogP contribution in [-0.2, 0) is 28.5 Å². The molecule has 6 rings (SSSR count). The van der Waals surface area contributed by atoms with Gasteiger partial charge in [0, 0.05) is 12.2 Å². The molecule has 0 spiro atoms. The molecule has 2 heterocycles. The van der Waals surface area contributed by atoms with Gasteiger partial charge in [-0.05, 0) is 84.9 Å². The summed E-state index contributed by atoms with van der Waals surface area (Å²) >= 11 is 0. The molecule has 58 heavy (non-hydrogen) atoms. The molecule has 4 aromatic carbocycles. The summed E-state index contributed by atoms with van der Waals surface area (Å²) in [7, 11) is 2.67. The van der Waals surface area contributed by atoms with Crippen molar-refractivity contribution in [1.82, 2.24) is 0 Å². The molecule has 4 atom stereocenters. The van der Waals surface area contributed by atoms with Gasteiger partial charge in [-0.25, -0.2) is 28.8 Å². The first-order chi connectivity index (χ1) is 28.0. The smallest absolute Gasteiger partial charge is 0.343 e. The number of rotatable bonds is 14. The van der Waals surface area contributed by atoms with Gasteiger partial charge in [-0.2, -0.15) is 0 Å². The average Bonchev–Trinajstić information content (AvgIpc) is 3.83. The van der Waals surface area contributed by atoms with E-state index in [1.165, 1.54) is 99.1 Å². The number of carbonyl (C=O) groups is 6. The third-order valence-corrected chi connectivity index (χ3v) is 8.63. The first-order valence-corrected chi connectivity index (χ1v) is 17.3. The maximum absolute atomic E-state index is 13.2. The fourth-order valence-electron chi connectivity index (χ4n) is 5.75. The van der Waals surface area contributed by atoms with Crippen LogP contribution in [0, 0.1) is 0 Å². The molecular formula is C42H34O16. The van der Waals surface area contributed by atoms with Crippen LogP contribution in [0.3, 0.4) is 0 Å². The maximum Gasteiger partial charge on any atom is 0.343 e. The predicted octanol–water partition coefficient (Wildman–Crippen LogP) is 4.87. The SMILES string of the molecule is C=CC(=O)Oc1ccc(C(=O)Oc2ccc(C(=O)O[C@H]3CO[C@@H]4[C@H]3OC[C@H]4OC(=O)c3ccc(OC(=O)c4ccc(OC(=O)C=C)cc4)c(OC)c3)cc2OC)cc1. The Hall–Kier alpha value is -7.30. The summed E-state index contributed by atoms with van der Waals surface area (Å²) in [5.41, 5.74) is 0.490. The number of carbonyl (C=O) groups excluding carboxylic acids is 6. The van der Waals surface area contributed by atoms with Crippen LogP contribution in [0.15, 0.2) is 110 Å². The predicted molar refractivity (Wildman–Crippen MR) is 198 cm³/mol. The molecule has 0 amide bonds. The third-order valence-electron chi connectivity index (χ3n) is 8.63. The molecule has 4 aromatic rings. The monoisotopic (exact) mass is 794 g/mol. The number of hydrogen-bond acceptors (Lipinski definition) is 16. The molecule has 0 aliphatic carbocycles. The fraction of sp³-hybridized carbons (Fsp3) is 0.190. The van der Waals surface area contributed by atoms with Crippen molar-refractivity contribution in [2.24, 2.45) is 0 Å². The van der Waals surface area contributed by atoms with Gasteiger partial charge < -0.3 is 47.4 Å². The van der Waals surface area contributed by atoms with Gasteiger partial charge in [0.15, 0.2) is 35.2 Å². The topological polar surface area (TPSA) is 195 Å². The Balaban J connectivity index is 1.02. The van der Waals surface area contributed by atoms with Crippen molar-refractivity contribution in [1.29, 1.82) is 0 Å². The number of methoxy groups -OCH3 is 2. The summed E-state index contributed by atoms with van der Waals surface area (Å²) in [6.07, 6.45) is -1.15. The minimum atomic E-state index is -0.842. The van der Waals surface area contributed by atoms with Gasteiger partial charge in [-0.15, -0.1) is 0 Å². The van der Waals surface area contributed by atoms with Crippen LogP contribution in [0.4, 0.5) is 0 Å². The van der Waals surface area contributed by atoms with E-state index < -0.39 is 60.2 Å². The van der Waals surface area contributed by atoms with Crippen LogP contribution in [0.25, 0.3) is 0 Å². The maximum atomic E-state index is 13.2. The summed E-state index contributed by atoms with van der Waals surface area (Å²) in [6, 6.07) is 19.5. The molecule has 2 aliphatic rings. The molecule has 0 aromatic heterocycles. The molecule has 0 saturated carbocycles. The standard InChI is InChI=1S/C42H34O16/c1-5-35(43)53-27-13-7-23(8-14-27)39(45)55-29-17-11-25(19-31(29)49-3)41(47)57-33-21-51-38-34(22-52-37(33)38)58-42(48)26-12-18-30(32(20-26)50-4)56-40(46)24-9-15-28(16-10-24)54-36(44)6-2/h5-20,33-34,37-38H,1-2,21-22H2,3-4H3/t33-,34+,37-,38-/m0/s1. The lowest BCUT2D eigenvalue weighted by molar-refractivity contribution is -0.129. The number of hydrogen-bond donors (Lipinski definition) is 0. The molecule has 0 N–H and O–H groups in total. The average molecular weight is 795 g/mol. The van der Waals surface area contributed by atoms with Crippen molar-refractivity contribution in [3.63, 3.8) is 0 Å². The van der Waals surface area contributed by atoms with Crippen molar-refractivity contribution in [3.8, 4) is 34.5 Å². The lowest BCUT2D eigenvalue weighted by Gasteiger charge is -2.18. The van der Waals surface area contributed by atoms with Crippen molar-refractivity contribution >= 4 is 35.8 Å². The summed E-state index contributed by atoms with van der Waals surface area (Å²) in [6.45, 7) is 6.58. The fourth-order valence-corrected chi connectivity index (χ4v) is 5.75. The number of benzene rings is 4. The van der Waals surface area contributed by atoms with E-state index in [4.69, 9.17) is 47.4 Å². The zero-order valence-electron chi connectivity index (χ0n) is 30.9. The Bertz CT molecular complexity index is 2090. The Kier molecular flexibility index (Phi) is 12.6. The second-order valence-corrected chi connectivity index (χ2v) is 12.3. The van der Waals surface area contributed by atoms with Crippen LogP contribution >= 0.6 is 0 Å². The molecule has 298 valence electrons. The summed E-state index contributed by atoms with van der Waals surface area (Å²) < 4.78 is 54.7. The van der Waals surface area contributed by atoms with Gasteiger partial charge in [-0.1, -0.05) is 13.2 Å². The highest BCUT2D eigenvalue weighted by atomic mass is 16.7. The van der Waals surface area contributed by atoms with Gasteiger partial charge in [0.25, 0.3) is 0 Å². The summed E-state index contributed by atoms with van der Waals surface area (Å²) in [4.78, 5) is 74.7. The van der Waals surface area contributed by atoms with Crippen LogP contribution in [0.5, 0.6) is 34.5 Å². The van der Waals surface area contributed by atoms with E-state index in [2.05, 4.69) is 13.2 Å². The van der Waals surface area contributed by atoms with Crippen LogP contribution in [0.2, 0.25) is 0 Å². The van der Waals surface area contributed by atoms with Crippen LogP contribution in [-0.4, -0.2) is 87.7 Å². The van der Waals surface area contributed by atoms with E-state index in [1.807, 2.05) is 0 Å². The van der Waals surface area contributed by atoms with Crippen molar-refractivity contribution in [2.75, 3.05) is 27.4 Å². The van der Waals surface area contributed by atoms with Gasteiger partial charge in [-0.3, -0.25) is 0 Å².